The van der Waals surface area contributed by atoms with E-state index < -0.39 is 0 Å². The molecule has 1 aromatic carbocycles. The lowest BCUT2D eigenvalue weighted by atomic mass is 9.93. The molecule has 6 nitrogen and oxygen atoms in total. The maximum absolute atomic E-state index is 5.80. The van der Waals surface area contributed by atoms with Gasteiger partial charge in [0, 0.05) is 43.4 Å². The van der Waals surface area contributed by atoms with Crippen LogP contribution in [-0.4, -0.2) is 48.3 Å². The molecule has 0 saturated carbocycles. The van der Waals surface area contributed by atoms with Crippen molar-refractivity contribution in [1.82, 2.24) is 15.0 Å². The molecule has 1 aliphatic heterocycles. The molecule has 3 aromatic rings. The number of pyridine rings is 1. The van der Waals surface area contributed by atoms with Crippen molar-refractivity contribution in [2.24, 2.45) is 5.92 Å². The quantitative estimate of drug-likeness (QED) is 0.752. The number of nitrogens with one attached hydrogen (secondary N) is 1. The average Bonchev–Trinajstić information content (AvgIpc) is 3.08. The summed E-state index contributed by atoms with van der Waals surface area (Å²) in [5.74, 6) is 1.95. The van der Waals surface area contributed by atoms with E-state index in [0.29, 0.717) is 18.5 Å². The van der Waals surface area contributed by atoms with Crippen LogP contribution in [0.5, 0.6) is 0 Å². The second-order valence-electron chi connectivity index (χ2n) is 7.33. The van der Waals surface area contributed by atoms with Gasteiger partial charge in [-0.1, -0.05) is 18.2 Å². The van der Waals surface area contributed by atoms with Crippen molar-refractivity contribution in [3.63, 3.8) is 0 Å². The van der Waals surface area contributed by atoms with Crippen LogP contribution in [0.1, 0.15) is 11.3 Å². The van der Waals surface area contributed by atoms with Gasteiger partial charge in [-0.2, -0.15) is 4.98 Å². The van der Waals surface area contributed by atoms with Crippen molar-refractivity contribution in [3.05, 3.63) is 53.9 Å². The number of aryl methyl sites for hydroxylation is 1. The molecule has 0 radical (unpaired) electrons. The van der Waals surface area contributed by atoms with Crippen molar-refractivity contribution in [2.75, 3.05) is 37.5 Å². The molecular weight excluding hydrogens is 338 g/mol. The third kappa shape index (κ3) is 3.85. The zero-order valence-electron chi connectivity index (χ0n) is 16.0. The van der Waals surface area contributed by atoms with Gasteiger partial charge in [0.05, 0.1) is 24.8 Å². The van der Waals surface area contributed by atoms with Gasteiger partial charge in [0.25, 0.3) is 0 Å². The molecule has 0 amide bonds. The molecular formula is C21H25N5O. The van der Waals surface area contributed by atoms with Crippen LogP contribution in [0.4, 0.5) is 11.8 Å². The smallest absolute Gasteiger partial charge is 0.226 e. The van der Waals surface area contributed by atoms with Crippen LogP contribution in [0, 0.1) is 12.8 Å². The number of hydrogen-bond acceptors (Lipinski definition) is 6. The van der Waals surface area contributed by atoms with Crippen LogP contribution in [0.15, 0.2) is 42.6 Å². The van der Waals surface area contributed by atoms with Crippen molar-refractivity contribution in [3.8, 4) is 0 Å². The summed E-state index contributed by atoms with van der Waals surface area (Å²) in [6.45, 7) is 3.43. The molecule has 4 rings (SSSR count). The summed E-state index contributed by atoms with van der Waals surface area (Å²) < 4.78 is 5.80. The lowest BCUT2D eigenvalue weighted by Gasteiger charge is -2.21. The van der Waals surface area contributed by atoms with Crippen molar-refractivity contribution in [2.45, 2.75) is 19.4 Å². The van der Waals surface area contributed by atoms with Crippen molar-refractivity contribution >= 4 is 22.7 Å². The number of aromatic nitrogens is 3. The standard InChI is InChI=1S/C21H25N5O/c1-14-10-20(25-21(23-14)26(2)3)24-19-13-27-12-16(19)11-15-8-9-22-18-7-5-4-6-17(15)18/h4-10,16,19H,11-13H2,1-3H3,(H,23,24,25)/t16-,19-/m1/s1. The molecule has 3 heterocycles. The number of anilines is 2. The Kier molecular flexibility index (Phi) is 4.90. The number of ether oxygens (including phenoxy) is 1. The first kappa shape index (κ1) is 17.7. The van der Waals surface area contributed by atoms with Gasteiger partial charge >= 0.3 is 0 Å². The molecule has 1 aliphatic rings. The normalized spacial score (nSPS) is 19.4. The van der Waals surface area contributed by atoms with E-state index in [9.17, 15) is 0 Å². The Morgan fingerprint density at radius 1 is 1.15 bits per heavy atom. The highest BCUT2D eigenvalue weighted by atomic mass is 16.5. The molecule has 2 atom stereocenters. The number of para-hydroxylation sites is 1. The summed E-state index contributed by atoms with van der Waals surface area (Å²) in [5.41, 5.74) is 3.31. The predicted octanol–water partition coefficient (Wildman–Crippen LogP) is 3.07. The molecule has 0 bridgehead atoms. The second-order valence-corrected chi connectivity index (χ2v) is 7.33. The Balaban J connectivity index is 1.54. The van der Waals surface area contributed by atoms with Gasteiger partial charge in [-0.05, 0) is 31.0 Å². The van der Waals surface area contributed by atoms with E-state index in [1.54, 1.807) is 0 Å². The predicted molar refractivity (Wildman–Crippen MR) is 108 cm³/mol. The molecule has 0 unspecified atom stereocenters. The van der Waals surface area contributed by atoms with Gasteiger partial charge in [0.15, 0.2) is 0 Å². The van der Waals surface area contributed by atoms with Crippen LogP contribution in [0.3, 0.4) is 0 Å². The molecule has 1 fully saturated rings. The Bertz CT molecular complexity index is 938. The van der Waals surface area contributed by atoms with E-state index in [-0.39, 0.29) is 6.04 Å². The number of benzene rings is 1. The zero-order chi connectivity index (χ0) is 18.8. The fourth-order valence-corrected chi connectivity index (χ4v) is 3.59. The van der Waals surface area contributed by atoms with Crippen LogP contribution < -0.4 is 10.2 Å². The minimum absolute atomic E-state index is 0.223. The topological polar surface area (TPSA) is 63.2 Å². The van der Waals surface area contributed by atoms with Gasteiger partial charge in [0.2, 0.25) is 5.95 Å². The minimum Gasteiger partial charge on any atom is -0.379 e. The van der Waals surface area contributed by atoms with Gasteiger partial charge in [-0.25, -0.2) is 4.98 Å². The maximum Gasteiger partial charge on any atom is 0.226 e. The fourth-order valence-electron chi connectivity index (χ4n) is 3.59. The van der Waals surface area contributed by atoms with Crippen LogP contribution in [-0.2, 0) is 11.2 Å². The van der Waals surface area contributed by atoms with E-state index in [0.717, 1.165) is 30.1 Å². The Hall–Kier alpha value is -2.73. The van der Waals surface area contributed by atoms with Gasteiger partial charge < -0.3 is 15.0 Å². The van der Waals surface area contributed by atoms with E-state index in [1.807, 2.05) is 44.2 Å². The largest absolute Gasteiger partial charge is 0.379 e. The molecule has 0 spiro atoms. The fraction of sp³-hybridized carbons (Fsp3) is 0.381. The first-order chi connectivity index (χ1) is 13.1. The van der Waals surface area contributed by atoms with Gasteiger partial charge in [0.1, 0.15) is 5.82 Å². The maximum atomic E-state index is 5.80. The van der Waals surface area contributed by atoms with E-state index >= 15 is 0 Å². The average molecular weight is 363 g/mol. The van der Waals surface area contributed by atoms with E-state index in [4.69, 9.17) is 4.74 Å². The van der Waals surface area contributed by atoms with E-state index in [2.05, 4.69) is 44.5 Å². The molecule has 0 aliphatic carbocycles. The van der Waals surface area contributed by atoms with E-state index in [1.165, 1.54) is 10.9 Å². The highest BCUT2D eigenvalue weighted by Gasteiger charge is 2.29. The van der Waals surface area contributed by atoms with Crippen LogP contribution in [0.25, 0.3) is 10.9 Å². The summed E-state index contributed by atoms with van der Waals surface area (Å²) in [4.78, 5) is 15.5. The molecule has 2 aromatic heterocycles. The highest BCUT2D eigenvalue weighted by Crippen LogP contribution is 2.26. The molecule has 1 N–H and O–H groups in total. The SMILES string of the molecule is Cc1cc(N[C@@H]2COC[C@H]2Cc2ccnc3ccccc23)nc(N(C)C)n1. The number of fused-ring (bicyclic) bond motifs is 1. The summed E-state index contributed by atoms with van der Waals surface area (Å²) in [5, 5.41) is 4.80. The number of nitrogens with zero attached hydrogens (tertiary/aromatic N) is 4. The summed E-state index contributed by atoms with van der Waals surface area (Å²) in [7, 11) is 3.91. The van der Waals surface area contributed by atoms with Gasteiger partial charge in [-0.3, -0.25) is 4.98 Å². The third-order valence-electron chi connectivity index (χ3n) is 5.00. The number of rotatable bonds is 5. The lowest BCUT2D eigenvalue weighted by molar-refractivity contribution is 0.185. The molecule has 27 heavy (non-hydrogen) atoms. The number of hydrogen-bond donors (Lipinski definition) is 1. The third-order valence-corrected chi connectivity index (χ3v) is 5.00. The minimum atomic E-state index is 0.223. The lowest BCUT2D eigenvalue weighted by Crippen LogP contribution is -2.30. The molecule has 6 heteroatoms. The first-order valence-electron chi connectivity index (χ1n) is 9.30. The molecule has 140 valence electrons. The van der Waals surface area contributed by atoms with Crippen molar-refractivity contribution in [1.29, 1.82) is 0 Å². The van der Waals surface area contributed by atoms with Crippen molar-refractivity contribution < 1.29 is 4.74 Å². The highest BCUT2D eigenvalue weighted by molar-refractivity contribution is 5.81. The van der Waals surface area contributed by atoms with Gasteiger partial charge in [-0.15, -0.1) is 0 Å². The Labute approximate surface area is 159 Å². The summed E-state index contributed by atoms with van der Waals surface area (Å²) >= 11 is 0. The second kappa shape index (κ2) is 7.48. The Morgan fingerprint density at radius 2 is 2.00 bits per heavy atom. The first-order valence-corrected chi connectivity index (χ1v) is 9.30. The monoisotopic (exact) mass is 363 g/mol. The van der Waals surface area contributed by atoms with Crippen LogP contribution in [0.2, 0.25) is 0 Å². The summed E-state index contributed by atoms with van der Waals surface area (Å²) in [6.07, 6.45) is 2.85. The molecule has 1 saturated heterocycles. The Morgan fingerprint density at radius 3 is 2.85 bits per heavy atom. The summed E-state index contributed by atoms with van der Waals surface area (Å²) in [6, 6.07) is 12.6. The zero-order valence-corrected chi connectivity index (χ0v) is 16.0. The van der Waals surface area contributed by atoms with Crippen LogP contribution >= 0.6 is 0 Å².